The second-order valence-electron chi connectivity index (χ2n) is 9.08. The second kappa shape index (κ2) is 6.07. The lowest BCUT2D eigenvalue weighted by atomic mass is 9.66. The molecule has 0 radical (unpaired) electrons. The van der Waals surface area contributed by atoms with Crippen molar-refractivity contribution in [3.05, 3.63) is 34.4 Å². The Bertz CT molecular complexity index is 713. The highest BCUT2D eigenvalue weighted by molar-refractivity contribution is 5.58. The SMILES string of the molecule is CCCC1CCc2c(cc3c(c2O)[C@@H]2CC(C)=CC[C@H]2C(C)(C)O3)C1. The molecule has 1 aromatic rings. The van der Waals surface area contributed by atoms with Gasteiger partial charge in [0.25, 0.3) is 0 Å². The Hall–Kier alpha value is -1.44. The highest BCUT2D eigenvalue weighted by Gasteiger charge is 2.46. The summed E-state index contributed by atoms with van der Waals surface area (Å²) >= 11 is 0. The first-order valence-corrected chi connectivity index (χ1v) is 10.1. The molecule has 2 nitrogen and oxygen atoms in total. The van der Waals surface area contributed by atoms with Crippen LogP contribution in [0.4, 0.5) is 0 Å². The van der Waals surface area contributed by atoms with Crippen molar-refractivity contribution >= 4 is 0 Å². The molecule has 4 rings (SSSR count). The lowest BCUT2D eigenvalue weighted by molar-refractivity contribution is 0.00737. The largest absolute Gasteiger partial charge is 0.507 e. The van der Waals surface area contributed by atoms with E-state index in [9.17, 15) is 5.11 Å². The van der Waals surface area contributed by atoms with E-state index in [1.54, 1.807) is 0 Å². The van der Waals surface area contributed by atoms with Crippen LogP contribution in [0.3, 0.4) is 0 Å². The van der Waals surface area contributed by atoms with Crippen molar-refractivity contribution in [3.63, 3.8) is 0 Å². The van der Waals surface area contributed by atoms with Gasteiger partial charge in [0, 0.05) is 17.4 Å². The predicted octanol–water partition coefficient (Wildman–Crippen LogP) is 5.91. The zero-order valence-corrected chi connectivity index (χ0v) is 16.2. The van der Waals surface area contributed by atoms with Gasteiger partial charge in [0.15, 0.2) is 0 Å². The monoisotopic (exact) mass is 340 g/mol. The number of fused-ring (bicyclic) bond motifs is 4. The Labute approximate surface area is 152 Å². The Morgan fingerprint density at radius 3 is 2.84 bits per heavy atom. The van der Waals surface area contributed by atoms with Gasteiger partial charge in [-0.25, -0.2) is 0 Å². The molecule has 0 bridgehead atoms. The van der Waals surface area contributed by atoms with Crippen LogP contribution in [0.2, 0.25) is 0 Å². The minimum absolute atomic E-state index is 0.174. The first kappa shape index (κ1) is 17.0. The molecule has 1 unspecified atom stereocenters. The Morgan fingerprint density at radius 1 is 1.28 bits per heavy atom. The Morgan fingerprint density at radius 2 is 2.08 bits per heavy atom. The van der Waals surface area contributed by atoms with E-state index < -0.39 is 0 Å². The fourth-order valence-corrected chi connectivity index (χ4v) is 5.57. The number of ether oxygens (including phenoxy) is 1. The normalized spacial score (nSPS) is 29.8. The van der Waals surface area contributed by atoms with Crippen LogP contribution >= 0.6 is 0 Å². The number of phenolic OH excluding ortho intramolecular Hbond substituents is 1. The molecule has 1 heterocycles. The maximum Gasteiger partial charge on any atom is 0.127 e. The predicted molar refractivity (Wildman–Crippen MR) is 102 cm³/mol. The fraction of sp³-hybridized carbons (Fsp3) is 0.652. The summed E-state index contributed by atoms with van der Waals surface area (Å²) in [7, 11) is 0. The average Bonchev–Trinajstić information content (AvgIpc) is 2.54. The average molecular weight is 341 g/mol. The minimum Gasteiger partial charge on any atom is -0.507 e. The molecule has 0 spiro atoms. The van der Waals surface area contributed by atoms with Gasteiger partial charge >= 0.3 is 0 Å². The van der Waals surface area contributed by atoms with Crippen LogP contribution in [-0.4, -0.2) is 10.7 Å². The van der Waals surface area contributed by atoms with Crippen LogP contribution in [0.5, 0.6) is 11.5 Å². The summed E-state index contributed by atoms with van der Waals surface area (Å²) in [5, 5.41) is 11.2. The third kappa shape index (κ3) is 2.78. The third-order valence-corrected chi connectivity index (χ3v) is 6.89. The van der Waals surface area contributed by atoms with Gasteiger partial charge in [-0.3, -0.25) is 0 Å². The summed E-state index contributed by atoms with van der Waals surface area (Å²) < 4.78 is 6.48. The van der Waals surface area contributed by atoms with E-state index in [2.05, 4.69) is 39.8 Å². The lowest BCUT2D eigenvalue weighted by Gasteiger charge is -2.47. The van der Waals surface area contributed by atoms with Crippen molar-refractivity contribution in [2.24, 2.45) is 11.8 Å². The first-order valence-electron chi connectivity index (χ1n) is 10.1. The number of hydrogen-bond acceptors (Lipinski definition) is 2. The molecular weight excluding hydrogens is 308 g/mol. The van der Waals surface area contributed by atoms with Gasteiger partial charge in [-0.1, -0.05) is 31.4 Å². The summed E-state index contributed by atoms with van der Waals surface area (Å²) in [6, 6.07) is 2.28. The molecule has 0 aromatic heterocycles. The number of phenols is 1. The summed E-state index contributed by atoms with van der Waals surface area (Å²) in [4.78, 5) is 0. The van der Waals surface area contributed by atoms with Gasteiger partial charge in [-0.05, 0) is 76.0 Å². The molecule has 0 amide bonds. The van der Waals surface area contributed by atoms with Gasteiger partial charge in [0.2, 0.25) is 0 Å². The zero-order chi connectivity index (χ0) is 17.8. The van der Waals surface area contributed by atoms with Crippen LogP contribution in [0.1, 0.15) is 82.4 Å². The van der Waals surface area contributed by atoms with Gasteiger partial charge in [-0.15, -0.1) is 0 Å². The molecule has 1 aromatic carbocycles. The standard InChI is InChI=1S/C23H32O2/c1-5-6-15-8-9-17-16(12-15)13-20-21(22(17)24)18-11-14(2)7-10-19(18)23(3,4)25-20/h7,13,15,18-19,24H,5-6,8-12H2,1-4H3/t15?,18-,19-/m1/s1. The molecule has 3 aliphatic rings. The van der Waals surface area contributed by atoms with Gasteiger partial charge < -0.3 is 9.84 Å². The number of aromatic hydroxyl groups is 1. The molecule has 1 aliphatic heterocycles. The van der Waals surface area contributed by atoms with Crippen molar-refractivity contribution in [3.8, 4) is 11.5 Å². The molecule has 2 aliphatic carbocycles. The van der Waals surface area contributed by atoms with Crippen molar-refractivity contribution < 1.29 is 9.84 Å². The van der Waals surface area contributed by atoms with Crippen LogP contribution in [0.15, 0.2) is 17.7 Å². The second-order valence-corrected chi connectivity index (χ2v) is 9.08. The van der Waals surface area contributed by atoms with E-state index >= 15 is 0 Å². The Balaban J connectivity index is 1.79. The van der Waals surface area contributed by atoms with Gasteiger partial charge in [0.1, 0.15) is 17.1 Å². The molecule has 0 saturated carbocycles. The Kier molecular flexibility index (Phi) is 4.13. The molecule has 1 N–H and O–H groups in total. The zero-order valence-electron chi connectivity index (χ0n) is 16.2. The highest BCUT2D eigenvalue weighted by Crippen LogP contribution is 2.55. The lowest BCUT2D eigenvalue weighted by Crippen LogP contribution is -2.45. The quantitative estimate of drug-likeness (QED) is 0.678. The number of rotatable bonds is 2. The maximum atomic E-state index is 11.2. The molecular formula is C23H32O2. The van der Waals surface area contributed by atoms with E-state index in [0.717, 1.165) is 42.9 Å². The molecule has 136 valence electrons. The van der Waals surface area contributed by atoms with Gasteiger partial charge in [-0.2, -0.15) is 0 Å². The number of benzene rings is 1. The summed E-state index contributed by atoms with van der Waals surface area (Å²) in [5.41, 5.74) is 4.92. The maximum absolute atomic E-state index is 11.2. The molecule has 0 fully saturated rings. The van der Waals surface area contributed by atoms with Crippen molar-refractivity contribution in [2.45, 2.75) is 84.2 Å². The summed E-state index contributed by atoms with van der Waals surface area (Å²) in [5.74, 6) is 3.11. The van der Waals surface area contributed by atoms with Crippen LogP contribution in [0.25, 0.3) is 0 Å². The molecule has 0 saturated heterocycles. The van der Waals surface area contributed by atoms with E-state index in [1.165, 1.54) is 36.0 Å². The van der Waals surface area contributed by atoms with E-state index in [4.69, 9.17) is 4.74 Å². The number of hydrogen-bond donors (Lipinski definition) is 1. The van der Waals surface area contributed by atoms with Crippen molar-refractivity contribution in [2.75, 3.05) is 0 Å². The van der Waals surface area contributed by atoms with Gasteiger partial charge in [0.05, 0.1) is 0 Å². The van der Waals surface area contributed by atoms with Crippen molar-refractivity contribution in [1.29, 1.82) is 0 Å². The fourth-order valence-electron chi connectivity index (χ4n) is 5.57. The first-order chi connectivity index (χ1) is 11.9. The summed E-state index contributed by atoms with van der Waals surface area (Å²) in [6.45, 7) is 8.94. The molecule has 2 heteroatoms. The highest BCUT2D eigenvalue weighted by atomic mass is 16.5. The van der Waals surface area contributed by atoms with Crippen LogP contribution in [-0.2, 0) is 12.8 Å². The molecule has 3 atom stereocenters. The van der Waals surface area contributed by atoms with E-state index in [1.807, 2.05) is 0 Å². The van der Waals surface area contributed by atoms with Crippen molar-refractivity contribution in [1.82, 2.24) is 0 Å². The van der Waals surface area contributed by atoms with Crippen LogP contribution in [0, 0.1) is 11.8 Å². The van der Waals surface area contributed by atoms with Crippen LogP contribution < -0.4 is 4.74 Å². The number of allylic oxidation sites excluding steroid dienone is 2. The van der Waals surface area contributed by atoms with E-state index in [-0.39, 0.29) is 5.60 Å². The smallest absolute Gasteiger partial charge is 0.127 e. The molecule has 25 heavy (non-hydrogen) atoms. The topological polar surface area (TPSA) is 29.5 Å². The summed E-state index contributed by atoms with van der Waals surface area (Å²) in [6.07, 6.45) is 10.3. The minimum atomic E-state index is -0.174. The van der Waals surface area contributed by atoms with E-state index in [0.29, 0.717) is 17.6 Å². The third-order valence-electron chi connectivity index (χ3n) is 6.89.